The largest absolute Gasteiger partial charge is 0.329 e. The first-order valence-corrected chi connectivity index (χ1v) is 6.87. The highest BCUT2D eigenvalue weighted by Gasteiger charge is 2.14. The van der Waals surface area contributed by atoms with Crippen molar-refractivity contribution in [3.63, 3.8) is 0 Å². The molecule has 0 amide bonds. The number of sulfone groups is 1. The van der Waals surface area contributed by atoms with Crippen LogP contribution in [-0.2, 0) is 15.6 Å². The first-order valence-electron chi connectivity index (χ1n) is 4.29. The highest BCUT2D eigenvalue weighted by Crippen LogP contribution is 2.26. The van der Waals surface area contributed by atoms with E-state index in [0.717, 1.165) is 0 Å². The van der Waals surface area contributed by atoms with Gasteiger partial charge in [0, 0.05) is 6.54 Å². The lowest BCUT2D eigenvalue weighted by molar-refractivity contribution is 0.595. The molecule has 0 aromatic heterocycles. The predicted octanol–water partition coefficient (Wildman–Crippen LogP) is 1.87. The fourth-order valence-corrected chi connectivity index (χ4v) is 2.83. The average Bonchev–Trinajstić information content (AvgIpc) is 2.12. The van der Waals surface area contributed by atoms with Gasteiger partial charge in [0.1, 0.15) is 0 Å². The number of rotatable bonds is 4. The Morgan fingerprint density at radius 2 is 1.93 bits per heavy atom. The zero-order chi connectivity index (χ0) is 11.5. The second-order valence-corrected chi connectivity index (χ2v) is 6.06. The Balaban J connectivity index is 2.95. The minimum atomic E-state index is -3.19. The number of hydrogen-bond donors (Lipinski definition) is 1. The average molecular weight is 268 g/mol. The van der Waals surface area contributed by atoms with Crippen LogP contribution in [0.2, 0.25) is 10.0 Å². The zero-order valence-corrected chi connectivity index (χ0v) is 10.2. The van der Waals surface area contributed by atoms with E-state index in [9.17, 15) is 8.42 Å². The number of nitrogens with two attached hydrogens (primary N) is 1. The van der Waals surface area contributed by atoms with Crippen molar-refractivity contribution in [2.75, 3.05) is 12.3 Å². The van der Waals surface area contributed by atoms with E-state index < -0.39 is 9.84 Å². The van der Waals surface area contributed by atoms with Crippen molar-refractivity contribution < 1.29 is 8.42 Å². The third kappa shape index (κ3) is 3.65. The molecular formula is C9H11Cl2NO2S. The van der Waals surface area contributed by atoms with Crippen LogP contribution in [0.15, 0.2) is 18.2 Å². The molecule has 1 aromatic carbocycles. The quantitative estimate of drug-likeness (QED) is 0.906. The molecule has 2 N–H and O–H groups in total. The van der Waals surface area contributed by atoms with Gasteiger partial charge in [0.15, 0.2) is 9.84 Å². The van der Waals surface area contributed by atoms with Gasteiger partial charge < -0.3 is 5.73 Å². The Morgan fingerprint density at radius 1 is 1.27 bits per heavy atom. The zero-order valence-electron chi connectivity index (χ0n) is 7.91. The van der Waals surface area contributed by atoms with Gasteiger partial charge in [-0.2, -0.15) is 0 Å². The van der Waals surface area contributed by atoms with E-state index in [0.29, 0.717) is 15.6 Å². The maximum absolute atomic E-state index is 11.5. The topological polar surface area (TPSA) is 60.2 Å². The summed E-state index contributed by atoms with van der Waals surface area (Å²) in [5.74, 6) is -0.167. The second-order valence-electron chi connectivity index (χ2n) is 3.09. The fraction of sp³-hybridized carbons (Fsp3) is 0.333. The summed E-state index contributed by atoms with van der Waals surface area (Å²) >= 11 is 11.6. The van der Waals surface area contributed by atoms with Crippen LogP contribution >= 0.6 is 23.2 Å². The summed E-state index contributed by atoms with van der Waals surface area (Å²) in [5.41, 5.74) is 5.71. The van der Waals surface area contributed by atoms with E-state index in [1.165, 1.54) is 0 Å². The number of halogens is 2. The first kappa shape index (κ1) is 12.8. The van der Waals surface area contributed by atoms with Crippen molar-refractivity contribution in [1.29, 1.82) is 0 Å². The molecule has 0 aliphatic rings. The van der Waals surface area contributed by atoms with Crippen LogP contribution in [0.1, 0.15) is 5.56 Å². The summed E-state index contributed by atoms with van der Waals surface area (Å²) in [6.45, 7) is 0.112. The molecule has 15 heavy (non-hydrogen) atoms. The number of benzene rings is 1. The molecule has 0 heterocycles. The minimum Gasteiger partial charge on any atom is -0.329 e. The third-order valence-electron chi connectivity index (χ3n) is 1.84. The normalized spacial score (nSPS) is 11.7. The summed E-state index contributed by atoms with van der Waals surface area (Å²) < 4.78 is 23.0. The molecule has 3 nitrogen and oxygen atoms in total. The fourth-order valence-electron chi connectivity index (χ4n) is 1.15. The Bertz CT molecular complexity index is 445. The van der Waals surface area contributed by atoms with E-state index in [-0.39, 0.29) is 18.1 Å². The monoisotopic (exact) mass is 267 g/mol. The molecule has 6 heteroatoms. The number of hydrogen-bond acceptors (Lipinski definition) is 3. The Kier molecular flexibility index (Phi) is 4.40. The van der Waals surface area contributed by atoms with Crippen LogP contribution in [0, 0.1) is 0 Å². The van der Waals surface area contributed by atoms with Crippen molar-refractivity contribution in [3.05, 3.63) is 33.8 Å². The van der Waals surface area contributed by atoms with Crippen LogP contribution < -0.4 is 5.73 Å². The SMILES string of the molecule is NCCS(=O)(=O)Cc1cccc(Cl)c1Cl. The van der Waals surface area contributed by atoms with Crippen molar-refractivity contribution in [3.8, 4) is 0 Å². The maximum Gasteiger partial charge on any atom is 0.155 e. The van der Waals surface area contributed by atoms with Gasteiger partial charge in [-0.3, -0.25) is 0 Å². The van der Waals surface area contributed by atoms with Crippen LogP contribution in [0.5, 0.6) is 0 Å². The van der Waals surface area contributed by atoms with Gasteiger partial charge >= 0.3 is 0 Å². The summed E-state index contributed by atoms with van der Waals surface area (Å²) in [7, 11) is -3.19. The van der Waals surface area contributed by atoms with Crippen LogP contribution in [0.3, 0.4) is 0 Å². The molecule has 84 valence electrons. The lowest BCUT2D eigenvalue weighted by Gasteiger charge is -2.06. The van der Waals surface area contributed by atoms with Crippen molar-refractivity contribution in [2.24, 2.45) is 5.73 Å². The Labute approximate surface area is 99.1 Å². The van der Waals surface area contributed by atoms with Gasteiger partial charge in [-0.25, -0.2) is 8.42 Å². The molecule has 0 spiro atoms. The van der Waals surface area contributed by atoms with Gasteiger partial charge in [0.05, 0.1) is 21.6 Å². The standard InChI is InChI=1S/C9H11Cl2NO2S/c10-8-3-1-2-7(9(8)11)6-15(13,14)5-4-12/h1-3H,4-6,12H2. The maximum atomic E-state index is 11.5. The molecule has 0 bridgehead atoms. The molecular weight excluding hydrogens is 257 g/mol. The van der Waals surface area contributed by atoms with Crippen molar-refractivity contribution >= 4 is 33.0 Å². The van der Waals surface area contributed by atoms with Crippen molar-refractivity contribution in [2.45, 2.75) is 5.75 Å². The van der Waals surface area contributed by atoms with E-state index in [4.69, 9.17) is 28.9 Å². The molecule has 0 fully saturated rings. The minimum absolute atomic E-state index is 0.0458. The van der Waals surface area contributed by atoms with E-state index in [2.05, 4.69) is 0 Å². The first-order chi connectivity index (χ1) is 6.96. The van der Waals surface area contributed by atoms with Gasteiger partial charge in [0.25, 0.3) is 0 Å². The van der Waals surface area contributed by atoms with Gasteiger partial charge in [0.2, 0.25) is 0 Å². The molecule has 1 rings (SSSR count). The molecule has 0 atom stereocenters. The highest BCUT2D eigenvalue weighted by atomic mass is 35.5. The summed E-state index contributed by atoms with van der Waals surface area (Å²) in [5, 5.41) is 0.650. The van der Waals surface area contributed by atoms with E-state index in [1.54, 1.807) is 18.2 Å². The molecule has 0 saturated carbocycles. The second kappa shape index (κ2) is 5.16. The van der Waals surface area contributed by atoms with Crippen molar-refractivity contribution in [1.82, 2.24) is 0 Å². The van der Waals surface area contributed by atoms with Crippen LogP contribution in [0.4, 0.5) is 0 Å². The third-order valence-corrected chi connectivity index (χ3v) is 4.30. The molecule has 0 aliphatic carbocycles. The Morgan fingerprint density at radius 3 is 2.53 bits per heavy atom. The molecule has 1 aromatic rings. The van der Waals surface area contributed by atoms with E-state index in [1.807, 2.05) is 0 Å². The lowest BCUT2D eigenvalue weighted by Crippen LogP contribution is -2.17. The van der Waals surface area contributed by atoms with Crippen LogP contribution in [-0.4, -0.2) is 20.7 Å². The predicted molar refractivity (Wildman–Crippen MR) is 63.0 cm³/mol. The van der Waals surface area contributed by atoms with Gasteiger partial charge in [-0.15, -0.1) is 0 Å². The lowest BCUT2D eigenvalue weighted by atomic mass is 10.2. The molecule has 0 saturated heterocycles. The Hall–Kier alpha value is -0.290. The summed E-state index contributed by atoms with van der Waals surface area (Å²) in [6.07, 6.45) is 0. The van der Waals surface area contributed by atoms with E-state index >= 15 is 0 Å². The molecule has 0 aliphatic heterocycles. The molecule has 0 radical (unpaired) electrons. The highest BCUT2D eigenvalue weighted by molar-refractivity contribution is 7.90. The van der Waals surface area contributed by atoms with Gasteiger partial charge in [-0.05, 0) is 11.6 Å². The summed E-state index contributed by atoms with van der Waals surface area (Å²) in [6, 6.07) is 4.92. The molecule has 0 unspecified atom stereocenters. The smallest absolute Gasteiger partial charge is 0.155 e. The van der Waals surface area contributed by atoms with Crippen LogP contribution in [0.25, 0.3) is 0 Å². The van der Waals surface area contributed by atoms with Gasteiger partial charge in [-0.1, -0.05) is 35.3 Å². The summed E-state index contributed by atoms with van der Waals surface area (Å²) in [4.78, 5) is 0.